The van der Waals surface area contributed by atoms with Crippen LogP contribution in [0.25, 0.3) is 0 Å². The maximum Gasteiger partial charge on any atom is 0.194 e. The molecular weight excluding hydrogens is 244 g/mol. The van der Waals surface area contributed by atoms with Crippen LogP contribution in [-0.4, -0.2) is 30.5 Å². The van der Waals surface area contributed by atoms with Crippen LogP contribution in [0.1, 0.15) is 5.56 Å². The van der Waals surface area contributed by atoms with Crippen LogP contribution in [0.15, 0.2) is 41.5 Å². The van der Waals surface area contributed by atoms with E-state index in [0.29, 0.717) is 11.5 Å². The maximum absolute atomic E-state index is 9.58. The van der Waals surface area contributed by atoms with E-state index in [1.807, 2.05) is 0 Å². The first-order valence-corrected chi connectivity index (χ1v) is 5.64. The molecule has 19 heavy (non-hydrogen) atoms. The Hall–Kier alpha value is -2.56. The highest BCUT2D eigenvalue weighted by atomic mass is 16.5. The van der Waals surface area contributed by atoms with Crippen LogP contribution in [0, 0.1) is 0 Å². The van der Waals surface area contributed by atoms with Gasteiger partial charge in [0.05, 0.1) is 14.2 Å². The molecule has 0 unspecified atom stereocenters. The van der Waals surface area contributed by atoms with Crippen molar-refractivity contribution in [2.24, 2.45) is 4.99 Å². The lowest BCUT2D eigenvalue weighted by molar-refractivity contribution is 0.402. The number of hydrogen-bond donors (Lipinski definition) is 1. The third kappa shape index (κ3) is 3.01. The molecule has 0 radical (unpaired) electrons. The Morgan fingerprint density at radius 3 is 2.74 bits per heavy atom. The minimum atomic E-state index is 0.0283. The molecule has 1 heterocycles. The molecule has 1 aromatic heterocycles. The number of pyridine rings is 1. The first kappa shape index (κ1) is 12.9. The summed E-state index contributed by atoms with van der Waals surface area (Å²) in [5, 5.41) is 9.58. The highest BCUT2D eigenvalue weighted by molar-refractivity contribution is 5.86. The number of hydrogen-bond acceptors (Lipinski definition) is 5. The van der Waals surface area contributed by atoms with Crippen molar-refractivity contribution in [2.75, 3.05) is 14.2 Å². The third-order valence-corrected chi connectivity index (χ3v) is 2.53. The van der Waals surface area contributed by atoms with Gasteiger partial charge in [-0.25, -0.2) is 9.98 Å². The van der Waals surface area contributed by atoms with Crippen molar-refractivity contribution in [1.82, 2.24) is 4.98 Å². The van der Waals surface area contributed by atoms with Crippen molar-refractivity contribution >= 4 is 12.0 Å². The summed E-state index contributed by atoms with van der Waals surface area (Å²) in [6, 6.07) is 8.55. The van der Waals surface area contributed by atoms with Crippen molar-refractivity contribution in [1.29, 1.82) is 0 Å². The number of rotatable bonds is 4. The molecule has 5 nitrogen and oxygen atoms in total. The van der Waals surface area contributed by atoms with Gasteiger partial charge < -0.3 is 14.6 Å². The zero-order chi connectivity index (χ0) is 13.7. The summed E-state index contributed by atoms with van der Waals surface area (Å²) in [5.74, 6) is 1.65. The molecule has 1 aromatic carbocycles. The fraction of sp³-hybridized carbons (Fsp3) is 0.143. The van der Waals surface area contributed by atoms with E-state index in [9.17, 15) is 5.11 Å². The fourth-order valence-electron chi connectivity index (χ4n) is 1.56. The largest absolute Gasteiger partial charge is 0.504 e. The zero-order valence-electron chi connectivity index (χ0n) is 10.7. The Balaban J connectivity index is 2.34. The summed E-state index contributed by atoms with van der Waals surface area (Å²) in [6.45, 7) is 0. The molecule has 0 fully saturated rings. The van der Waals surface area contributed by atoms with Crippen molar-refractivity contribution in [3.8, 4) is 17.2 Å². The number of benzene rings is 1. The van der Waals surface area contributed by atoms with Gasteiger partial charge in [-0.2, -0.15) is 0 Å². The van der Waals surface area contributed by atoms with Crippen molar-refractivity contribution < 1.29 is 14.6 Å². The van der Waals surface area contributed by atoms with Crippen LogP contribution >= 0.6 is 0 Å². The van der Waals surface area contributed by atoms with Crippen LogP contribution in [0.3, 0.4) is 0 Å². The van der Waals surface area contributed by atoms with Gasteiger partial charge in [0.1, 0.15) is 11.5 Å². The molecule has 0 bridgehead atoms. The smallest absolute Gasteiger partial charge is 0.194 e. The van der Waals surface area contributed by atoms with Gasteiger partial charge in [0.2, 0.25) is 0 Å². The third-order valence-electron chi connectivity index (χ3n) is 2.53. The quantitative estimate of drug-likeness (QED) is 0.856. The zero-order valence-corrected chi connectivity index (χ0v) is 10.7. The lowest BCUT2D eigenvalue weighted by Gasteiger charge is -2.06. The van der Waals surface area contributed by atoms with Gasteiger partial charge in [-0.05, 0) is 30.3 Å². The van der Waals surface area contributed by atoms with Gasteiger partial charge in [-0.15, -0.1) is 0 Å². The van der Waals surface area contributed by atoms with Crippen LogP contribution in [0.2, 0.25) is 0 Å². The minimum absolute atomic E-state index is 0.0283. The van der Waals surface area contributed by atoms with Crippen LogP contribution < -0.4 is 9.47 Å². The second-order valence-electron chi connectivity index (χ2n) is 3.71. The summed E-state index contributed by atoms with van der Waals surface area (Å²) < 4.78 is 10.4. The van der Waals surface area contributed by atoms with E-state index in [1.54, 1.807) is 50.9 Å². The number of methoxy groups -OCH3 is 2. The van der Waals surface area contributed by atoms with Crippen molar-refractivity contribution in [2.45, 2.75) is 0 Å². The Labute approximate surface area is 111 Å². The molecule has 0 aliphatic carbocycles. The molecule has 0 aliphatic rings. The van der Waals surface area contributed by atoms with Gasteiger partial charge in [-0.3, -0.25) is 0 Å². The highest BCUT2D eigenvalue weighted by Gasteiger charge is 2.03. The predicted octanol–water partition coefficient (Wildman–Crippen LogP) is 2.56. The molecular formula is C14H14N2O3. The number of ether oxygens (including phenoxy) is 2. The number of aromatic hydroxyl groups is 1. The Kier molecular flexibility index (Phi) is 3.97. The van der Waals surface area contributed by atoms with Crippen LogP contribution in [0.5, 0.6) is 17.2 Å². The Morgan fingerprint density at radius 2 is 2.05 bits per heavy atom. The monoisotopic (exact) mass is 258 g/mol. The minimum Gasteiger partial charge on any atom is -0.504 e. The molecule has 2 rings (SSSR count). The molecule has 0 saturated carbocycles. The topological polar surface area (TPSA) is 63.9 Å². The first-order chi connectivity index (χ1) is 9.24. The molecule has 0 spiro atoms. The van der Waals surface area contributed by atoms with E-state index >= 15 is 0 Å². The SMILES string of the molecule is COc1ccc(OC)c(/C=N/c2ncccc2O)c1. The van der Waals surface area contributed by atoms with Gasteiger partial charge >= 0.3 is 0 Å². The van der Waals surface area contributed by atoms with E-state index < -0.39 is 0 Å². The Bertz CT molecular complexity index is 597. The summed E-state index contributed by atoms with van der Waals surface area (Å²) in [5.41, 5.74) is 0.743. The normalized spacial score (nSPS) is 10.6. The summed E-state index contributed by atoms with van der Waals surface area (Å²) in [4.78, 5) is 8.11. The molecule has 0 saturated heterocycles. The van der Waals surface area contributed by atoms with E-state index in [1.165, 1.54) is 6.07 Å². The molecule has 0 atom stereocenters. The predicted molar refractivity (Wildman–Crippen MR) is 72.7 cm³/mol. The maximum atomic E-state index is 9.58. The summed E-state index contributed by atoms with van der Waals surface area (Å²) in [6.07, 6.45) is 3.14. The van der Waals surface area contributed by atoms with E-state index in [4.69, 9.17) is 9.47 Å². The van der Waals surface area contributed by atoms with Gasteiger partial charge in [0.25, 0.3) is 0 Å². The highest BCUT2D eigenvalue weighted by Crippen LogP contribution is 2.25. The lowest BCUT2D eigenvalue weighted by Crippen LogP contribution is -1.92. The van der Waals surface area contributed by atoms with Gasteiger partial charge in [-0.1, -0.05) is 0 Å². The van der Waals surface area contributed by atoms with Crippen molar-refractivity contribution in [3.05, 3.63) is 42.1 Å². The van der Waals surface area contributed by atoms with Crippen LogP contribution in [0.4, 0.5) is 5.82 Å². The molecule has 1 N–H and O–H groups in total. The molecule has 5 heteroatoms. The van der Waals surface area contributed by atoms with Crippen LogP contribution in [-0.2, 0) is 0 Å². The average molecular weight is 258 g/mol. The first-order valence-electron chi connectivity index (χ1n) is 5.64. The Morgan fingerprint density at radius 1 is 1.21 bits per heavy atom. The second-order valence-corrected chi connectivity index (χ2v) is 3.71. The molecule has 2 aromatic rings. The van der Waals surface area contributed by atoms with Crippen molar-refractivity contribution in [3.63, 3.8) is 0 Å². The van der Waals surface area contributed by atoms with E-state index in [2.05, 4.69) is 9.98 Å². The number of aliphatic imine (C=N–C) groups is 1. The van der Waals surface area contributed by atoms with E-state index in [0.717, 1.165) is 5.56 Å². The van der Waals surface area contributed by atoms with Gasteiger partial charge in [0.15, 0.2) is 11.6 Å². The average Bonchev–Trinajstić information content (AvgIpc) is 2.46. The van der Waals surface area contributed by atoms with Gasteiger partial charge in [0, 0.05) is 18.0 Å². The summed E-state index contributed by atoms with van der Waals surface area (Å²) >= 11 is 0. The fourth-order valence-corrected chi connectivity index (χ4v) is 1.56. The molecule has 0 amide bonds. The standard InChI is InChI=1S/C14H14N2O3/c1-18-11-5-6-13(19-2)10(8-11)9-16-14-12(17)4-3-7-15-14/h3-9,17H,1-2H3/b16-9+. The van der Waals surface area contributed by atoms with E-state index in [-0.39, 0.29) is 11.6 Å². The number of aromatic nitrogens is 1. The molecule has 98 valence electrons. The second kappa shape index (κ2) is 5.86. The lowest BCUT2D eigenvalue weighted by atomic mass is 10.2. The summed E-state index contributed by atoms with van der Waals surface area (Å²) in [7, 11) is 3.17. The number of nitrogens with zero attached hydrogens (tertiary/aromatic N) is 2. The molecule has 0 aliphatic heterocycles.